The molecule has 0 aliphatic carbocycles. The molecule has 1 unspecified atom stereocenters. The summed E-state index contributed by atoms with van der Waals surface area (Å²) >= 11 is 0. The fourth-order valence-corrected chi connectivity index (χ4v) is 3.24. The molecule has 1 aliphatic heterocycles. The van der Waals surface area contributed by atoms with Gasteiger partial charge in [0.2, 0.25) is 17.7 Å². The molecular weight excluding hydrogens is 500 g/mol. The van der Waals surface area contributed by atoms with E-state index in [-0.39, 0.29) is 22.8 Å². The van der Waals surface area contributed by atoms with Crippen molar-refractivity contribution in [1.29, 1.82) is 0 Å². The molecule has 1 atom stereocenters. The highest BCUT2D eigenvalue weighted by atomic mass is 32.2. The second kappa shape index (κ2) is 12.0. The van der Waals surface area contributed by atoms with Crippen molar-refractivity contribution < 1.29 is 41.8 Å². The van der Waals surface area contributed by atoms with Crippen molar-refractivity contribution >= 4 is 39.5 Å². The maximum atomic E-state index is 11.7. The van der Waals surface area contributed by atoms with Gasteiger partial charge in [0, 0.05) is 12.1 Å². The predicted octanol–water partition coefficient (Wildman–Crippen LogP) is -0.0557. The van der Waals surface area contributed by atoms with Crippen LogP contribution in [0.3, 0.4) is 0 Å². The number of carbonyl (C=O) groups is 4. The van der Waals surface area contributed by atoms with E-state index in [4.69, 9.17) is 15.0 Å². The van der Waals surface area contributed by atoms with Gasteiger partial charge in [-0.25, -0.2) is 4.79 Å². The zero-order valence-electron chi connectivity index (χ0n) is 18.8. The predicted molar refractivity (Wildman–Crippen MR) is 122 cm³/mol. The number of hydrogen-bond donors (Lipinski definition) is 3. The van der Waals surface area contributed by atoms with E-state index in [0.717, 1.165) is 22.6 Å². The summed E-state index contributed by atoms with van der Waals surface area (Å²) in [5, 5.41) is 12.7. The maximum Gasteiger partial charge on any atom is 0.330 e. The van der Waals surface area contributed by atoms with E-state index in [1.165, 1.54) is 24.3 Å². The molecule has 3 rings (SSSR count). The normalized spacial score (nSPS) is 15.1. The molecule has 3 amide bonds. The number of amides is 3. The Bertz CT molecular complexity index is 1260. The van der Waals surface area contributed by atoms with Crippen molar-refractivity contribution in [3.8, 4) is 5.75 Å². The number of nitrogens with two attached hydrogens (primary N) is 1. The first kappa shape index (κ1) is 28.0. The highest BCUT2D eigenvalue weighted by Crippen LogP contribution is 2.17. The van der Waals surface area contributed by atoms with Gasteiger partial charge in [0.25, 0.3) is 15.8 Å². The van der Waals surface area contributed by atoms with Crippen LogP contribution in [0.5, 0.6) is 5.75 Å². The Morgan fingerprint density at radius 3 is 2.22 bits per heavy atom. The van der Waals surface area contributed by atoms with Gasteiger partial charge in [0.15, 0.2) is 0 Å². The van der Waals surface area contributed by atoms with E-state index in [1.807, 2.05) is 6.92 Å². The quantitative estimate of drug-likeness (QED) is 0.109. The third-order valence-electron chi connectivity index (χ3n) is 4.61. The Hall–Kier alpha value is -4.21. The minimum Gasteiger partial charge on any atom is -0.425 e. The van der Waals surface area contributed by atoms with E-state index in [2.05, 4.69) is 5.32 Å². The van der Waals surface area contributed by atoms with Crippen LogP contribution in [-0.2, 0) is 29.3 Å². The summed E-state index contributed by atoms with van der Waals surface area (Å²) in [7, 11) is -4.02. The van der Waals surface area contributed by atoms with E-state index < -0.39 is 57.9 Å². The number of likely N-dealkylation sites (tertiary alicyclic amines) is 1. The molecule has 2 aromatic carbocycles. The van der Waals surface area contributed by atoms with Gasteiger partial charge < -0.3 is 15.8 Å². The van der Waals surface area contributed by atoms with Crippen molar-refractivity contribution in [1.82, 2.24) is 10.2 Å². The minimum absolute atomic E-state index is 0.0666. The SMILES string of the molecule is Cc1ccc(S(=O)(=O)O)cc1.NC1CC(=O)N(CC(=O)NCC(=O)Oc2ccc([N+](=O)[O-])cc2)C1=O. The summed E-state index contributed by atoms with van der Waals surface area (Å²) in [5.74, 6) is -2.68. The fraction of sp³-hybridized carbons (Fsp3) is 0.238. The number of carbonyl (C=O) groups excluding carboxylic acids is 4. The van der Waals surface area contributed by atoms with Gasteiger partial charge in [-0.3, -0.25) is 34.0 Å². The molecule has 1 saturated heterocycles. The van der Waals surface area contributed by atoms with Crippen LogP contribution in [0.2, 0.25) is 0 Å². The molecule has 14 nitrogen and oxygen atoms in total. The average Bonchev–Trinajstić information content (AvgIpc) is 3.04. The molecule has 36 heavy (non-hydrogen) atoms. The van der Waals surface area contributed by atoms with Crippen molar-refractivity contribution in [2.45, 2.75) is 24.3 Å². The second-order valence-corrected chi connectivity index (χ2v) is 8.84. The number of rotatable bonds is 7. The van der Waals surface area contributed by atoms with Crippen molar-refractivity contribution in [2.75, 3.05) is 13.1 Å². The zero-order chi connectivity index (χ0) is 27.0. The number of ether oxygens (including phenoxy) is 1. The minimum atomic E-state index is -4.02. The third kappa shape index (κ3) is 8.23. The monoisotopic (exact) mass is 522 g/mol. The molecule has 15 heteroatoms. The molecule has 0 aromatic heterocycles. The number of esters is 1. The van der Waals surface area contributed by atoms with Crippen LogP contribution >= 0.6 is 0 Å². The molecular formula is C21H22N4O10S. The van der Waals surface area contributed by atoms with Crippen LogP contribution < -0.4 is 15.8 Å². The number of nitro benzene ring substituents is 1. The van der Waals surface area contributed by atoms with Gasteiger partial charge in [-0.1, -0.05) is 17.7 Å². The van der Waals surface area contributed by atoms with E-state index in [9.17, 15) is 37.7 Å². The van der Waals surface area contributed by atoms with E-state index in [0.29, 0.717) is 0 Å². The van der Waals surface area contributed by atoms with E-state index in [1.54, 1.807) is 12.1 Å². The van der Waals surface area contributed by atoms with E-state index >= 15 is 0 Å². The number of nitrogens with zero attached hydrogens (tertiary/aromatic N) is 2. The number of imide groups is 1. The summed E-state index contributed by atoms with van der Waals surface area (Å²) in [4.78, 5) is 56.9. The Kier molecular flexibility index (Phi) is 9.32. The van der Waals surface area contributed by atoms with Crippen LogP contribution in [0.15, 0.2) is 53.4 Å². The van der Waals surface area contributed by atoms with Crippen LogP contribution in [-0.4, -0.2) is 65.6 Å². The van der Waals surface area contributed by atoms with Crippen molar-refractivity contribution in [3.05, 3.63) is 64.2 Å². The van der Waals surface area contributed by atoms with Crippen molar-refractivity contribution in [2.24, 2.45) is 5.73 Å². The smallest absolute Gasteiger partial charge is 0.330 e. The molecule has 1 aliphatic rings. The summed E-state index contributed by atoms with van der Waals surface area (Å²) in [6.45, 7) is 0.808. The Morgan fingerprint density at radius 1 is 1.17 bits per heavy atom. The molecule has 0 spiro atoms. The van der Waals surface area contributed by atoms with Crippen LogP contribution in [0.25, 0.3) is 0 Å². The van der Waals surface area contributed by atoms with Gasteiger partial charge >= 0.3 is 5.97 Å². The number of non-ortho nitro benzene ring substituents is 1. The van der Waals surface area contributed by atoms with Gasteiger partial charge in [-0.2, -0.15) is 8.42 Å². The number of nitrogens with one attached hydrogen (secondary N) is 1. The number of hydrogen-bond acceptors (Lipinski definition) is 10. The summed E-state index contributed by atoms with van der Waals surface area (Å²) < 4.78 is 34.4. The lowest BCUT2D eigenvalue weighted by atomic mass is 10.2. The molecule has 1 fully saturated rings. The highest BCUT2D eigenvalue weighted by Gasteiger charge is 2.37. The molecule has 1 heterocycles. The summed E-state index contributed by atoms with van der Waals surface area (Å²) in [6, 6.07) is 9.83. The fourth-order valence-electron chi connectivity index (χ4n) is 2.76. The summed E-state index contributed by atoms with van der Waals surface area (Å²) in [6.07, 6.45) is -0.158. The summed E-state index contributed by atoms with van der Waals surface area (Å²) in [5.41, 5.74) is 6.21. The lowest BCUT2D eigenvalue weighted by molar-refractivity contribution is -0.384. The van der Waals surface area contributed by atoms with Gasteiger partial charge in [-0.15, -0.1) is 0 Å². The van der Waals surface area contributed by atoms with Gasteiger partial charge in [0.1, 0.15) is 18.8 Å². The van der Waals surface area contributed by atoms with Crippen molar-refractivity contribution in [3.63, 3.8) is 0 Å². The average molecular weight is 522 g/mol. The zero-order valence-corrected chi connectivity index (χ0v) is 19.6. The van der Waals surface area contributed by atoms with Gasteiger partial charge in [0.05, 0.1) is 22.3 Å². The Labute approximate surface area is 204 Å². The lowest BCUT2D eigenvalue weighted by Crippen LogP contribution is -2.43. The molecule has 0 radical (unpaired) electrons. The van der Waals surface area contributed by atoms with Gasteiger partial charge in [-0.05, 0) is 31.2 Å². The standard InChI is InChI=1S/C14H14N4O7.C7H8O3S/c15-10-5-12(20)17(14(10)22)7-11(19)16-6-13(21)25-9-3-1-8(2-4-9)18(23)24;1-6-2-4-7(5-3-6)11(8,9)10/h1-4,10H,5-7,15H2,(H,16,19);2-5H,1H3,(H,8,9,10). The lowest BCUT2D eigenvalue weighted by Gasteiger charge is -2.13. The molecule has 0 bridgehead atoms. The first-order valence-corrected chi connectivity index (χ1v) is 11.6. The highest BCUT2D eigenvalue weighted by molar-refractivity contribution is 7.85. The largest absolute Gasteiger partial charge is 0.425 e. The maximum absolute atomic E-state index is 11.7. The Balaban J connectivity index is 0.000000346. The molecule has 2 aromatic rings. The Morgan fingerprint density at radius 2 is 1.75 bits per heavy atom. The second-order valence-electron chi connectivity index (χ2n) is 7.42. The number of nitro groups is 1. The molecule has 192 valence electrons. The number of benzene rings is 2. The van der Waals surface area contributed by atoms with Crippen LogP contribution in [0.4, 0.5) is 5.69 Å². The molecule has 4 N–H and O–H groups in total. The number of aryl methyl sites for hydroxylation is 1. The third-order valence-corrected chi connectivity index (χ3v) is 5.48. The molecule has 0 saturated carbocycles. The topological polar surface area (TPSA) is 216 Å². The first-order chi connectivity index (χ1) is 16.8. The van der Waals surface area contributed by atoms with Crippen LogP contribution in [0.1, 0.15) is 12.0 Å². The first-order valence-electron chi connectivity index (χ1n) is 10.1. The van der Waals surface area contributed by atoms with Crippen LogP contribution in [0, 0.1) is 17.0 Å².